The molecule has 0 aliphatic heterocycles. The first-order chi connectivity index (χ1) is 21.0. The van der Waals surface area contributed by atoms with E-state index in [0.29, 0.717) is 6.42 Å². The molecule has 9 heteroatoms. The highest BCUT2D eigenvalue weighted by Gasteiger charge is 2.22. The molecule has 0 rings (SSSR count). The number of ether oxygens (including phenoxy) is 2. The summed E-state index contributed by atoms with van der Waals surface area (Å²) in [5.74, 6) is 0.704. The van der Waals surface area contributed by atoms with Crippen LogP contribution in [0.4, 0.5) is 0 Å². The van der Waals surface area contributed by atoms with Crippen molar-refractivity contribution in [3.05, 3.63) is 0 Å². The van der Waals surface area contributed by atoms with E-state index in [-0.39, 0.29) is 19.4 Å². The Morgan fingerprint density at radius 2 is 0.864 bits per heavy atom. The van der Waals surface area contributed by atoms with Gasteiger partial charge in [0.2, 0.25) is 0 Å². The maximum absolute atomic E-state index is 12.3. The Bertz CT molecular complexity index is 722. The van der Waals surface area contributed by atoms with Crippen molar-refractivity contribution in [3.63, 3.8) is 0 Å². The van der Waals surface area contributed by atoms with Gasteiger partial charge in [-0.15, -0.1) is 0 Å². The van der Waals surface area contributed by atoms with E-state index in [1.54, 1.807) is 0 Å². The lowest BCUT2D eigenvalue weighted by atomic mass is 10.0. The van der Waals surface area contributed by atoms with E-state index < -0.39 is 32.5 Å². The Kier molecular flexibility index (Phi) is 28.8. The third kappa shape index (κ3) is 33.9. The van der Waals surface area contributed by atoms with Crippen LogP contribution in [0.5, 0.6) is 0 Å². The van der Waals surface area contributed by atoms with Crippen molar-refractivity contribution in [1.82, 2.24) is 0 Å². The molecule has 1 atom stereocenters. The van der Waals surface area contributed by atoms with Crippen LogP contribution in [0.2, 0.25) is 0 Å². The van der Waals surface area contributed by atoms with Gasteiger partial charge < -0.3 is 19.3 Å². The average molecular weight is 649 g/mol. The number of esters is 2. The minimum Gasteiger partial charge on any atom is -0.462 e. The summed E-state index contributed by atoms with van der Waals surface area (Å²) in [5, 5.41) is 0. The Hall–Kier alpha value is -0.950. The topological polar surface area (TPSA) is 119 Å². The van der Waals surface area contributed by atoms with Crippen LogP contribution in [-0.2, 0) is 28.2 Å². The second kappa shape index (κ2) is 29.5. The maximum atomic E-state index is 12.3. The predicted molar refractivity (Wildman–Crippen MR) is 179 cm³/mol. The van der Waals surface area contributed by atoms with Crippen LogP contribution in [0.15, 0.2) is 0 Å². The zero-order valence-electron chi connectivity index (χ0n) is 28.9. The molecule has 0 radical (unpaired) electrons. The smallest absolute Gasteiger partial charge is 0.462 e. The summed E-state index contributed by atoms with van der Waals surface area (Å²) in [6.07, 6.45) is 25.6. The summed E-state index contributed by atoms with van der Waals surface area (Å²) >= 11 is 0. The van der Waals surface area contributed by atoms with E-state index in [1.165, 1.54) is 96.3 Å². The van der Waals surface area contributed by atoms with Crippen LogP contribution < -0.4 is 0 Å². The summed E-state index contributed by atoms with van der Waals surface area (Å²) in [6, 6.07) is 0. The second-order valence-electron chi connectivity index (χ2n) is 13.5. The van der Waals surface area contributed by atoms with Crippen molar-refractivity contribution < 1.29 is 37.9 Å². The van der Waals surface area contributed by atoms with Gasteiger partial charge >= 0.3 is 19.8 Å². The predicted octanol–water partition coefficient (Wildman–Crippen LogP) is 10.2. The summed E-state index contributed by atoms with van der Waals surface area (Å²) in [4.78, 5) is 42.6. The molecule has 2 N–H and O–H groups in total. The maximum Gasteiger partial charge on any atom is 0.469 e. The molecule has 8 nitrogen and oxygen atoms in total. The van der Waals surface area contributed by atoms with Crippen LogP contribution in [0.3, 0.4) is 0 Å². The van der Waals surface area contributed by atoms with Gasteiger partial charge in [-0.05, 0) is 24.7 Å². The van der Waals surface area contributed by atoms with Gasteiger partial charge in [0.05, 0.1) is 6.61 Å². The first-order valence-electron chi connectivity index (χ1n) is 18.0. The van der Waals surface area contributed by atoms with Gasteiger partial charge in [-0.25, -0.2) is 4.57 Å². The fourth-order valence-electron chi connectivity index (χ4n) is 5.27. The minimum absolute atomic E-state index is 0.217. The fourth-order valence-corrected chi connectivity index (χ4v) is 5.63. The Labute approximate surface area is 270 Å². The molecule has 262 valence electrons. The highest BCUT2D eigenvalue weighted by atomic mass is 31.2. The molecule has 0 aliphatic carbocycles. The highest BCUT2D eigenvalue weighted by Crippen LogP contribution is 2.36. The van der Waals surface area contributed by atoms with Gasteiger partial charge in [-0.3, -0.25) is 14.1 Å². The average Bonchev–Trinajstić information content (AvgIpc) is 2.94. The van der Waals surface area contributed by atoms with E-state index in [4.69, 9.17) is 19.3 Å². The van der Waals surface area contributed by atoms with Crippen LogP contribution in [0.1, 0.15) is 182 Å². The van der Waals surface area contributed by atoms with Crippen molar-refractivity contribution in [2.45, 2.75) is 188 Å². The monoisotopic (exact) mass is 648 g/mol. The third-order valence-corrected chi connectivity index (χ3v) is 8.47. The number of rotatable bonds is 32. The Balaban J connectivity index is 3.94. The number of hydrogen-bond donors (Lipinski definition) is 2. The molecule has 0 amide bonds. The zero-order chi connectivity index (χ0) is 32.9. The van der Waals surface area contributed by atoms with Crippen LogP contribution >= 0.6 is 7.82 Å². The molecule has 0 aromatic heterocycles. The van der Waals surface area contributed by atoms with Gasteiger partial charge in [0.1, 0.15) is 6.61 Å². The van der Waals surface area contributed by atoms with Crippen molar-refractivity contribution in [2.24, 2.45) is 11.8 Å². The molecule has 0 saturated heterocycles. The molecular weight excluding hydrogens is 579 g/mol. The molecular formula is C35H69O8P. The number of phosphoric acid groups is 1. The van der Waals surface area contributed by atoms with Crippen LogP contribution in [0, 0.1) is 11.8 Å². The number of hydrogen-bond acceptors (Lipinski definition) is 6. The number of phosphoric ester groups is 1. The highest BCUT2D eigenvalue weighted by molar-refractivity contribution is 7.46. The van der Waals surface area contributed by atoms with E-state index in [2.05, 4.69) is 32.2 Å². The quantitative estimate of drug-likeness (QED) is 0.0420. The molecule has 44 heavy (non-hydrogen) atoms. The minimum atomic E-state index is -4.74. The van der Waals surface area contributed by atoms with Crippen molar-refractivity contribution >= 4 is 19.8 Å². The van der Waals surface area contributed by atoms with Crippen LogP contribution in [0.25, 0.3) is 0 Å². The first kappa shape index (κ1) is 43.0. The van der Waals surface area contributed by atoms with Crippen molar-refractivity contribution in [3.8, 4) is 0 Å². The fraction of sp³-hybridized carbons (Fsp3) is 0.943. The van der Waals surface area contributed by atoms with Crippen molar-refractivity contribution in [2.75, 3.05) is 13.2 Å². The molecule has 0 unspecified atom stereocenters. The van der Waals surface area contributed by atoms with Gasteiger partial charge in [0.25, 0.3) is 0 Å². The molecule has 0 aromatic rings. The zero-order valence-corrected chi connectivity index (χ0v) is 29.8. The lowest BCUT2D eigenvalue weighted by Gasteiger charge is -2.18. The van der Waals surface area contributed by atoms with E-state index in [0.717, 1.165) is 50.4 Å². The molecule has 0 saturated carbocycles. The lowest BCUT2D eigenvalue weighted by Crippen LogP contribution is -2.29. The number of carbonyl (C=O) groups excluding carboxylic acids is 2. The van der Waals surface area contributed by atoms with Crippen LogP contribution in [-0.4, -0.2) is 41.0 Å². The summed E-state index contributed by atoms with van der Waals surface area (Å²) in [7, 11) is -4.74. The molecule has 0 heterocycles. The molecule has 0 aliphatic rings. The van der Waals surface area contributed by atoms with E-state index in [1.807, 2.05) is 0 Å². The second-order valence-corrected chi connectivity index (χ2v) is 14.8. The molecule has 0 spiro atoms. The normalized spacial score (nSPS) is 12.6. The first-order valence-corrected chi connectivity index (χ1v) is 19.6. The number of unbranched alkanes of at least 4 members (excludes halogenated alkanes) is 18. The van der Waals surface area contributed by atoms with E-state index in [9.17, 15) is 14.2 Å². The Morgan fingerprint density at radius 3 is 1.23 bits per heavy atom. The molecule has 0 aromatic carbocycles. The summed E-state index contributed by atoms with van der Waals surface area (Å²) in [6.45, 7) is 8.28. The molecule has 0 bridgehead atoms. The number of carbonyl (C=O) groups is 2. The SMILES string of the molecule is CC(C)CCCCCCCCCCCCCCCC(=O)O[C@H](COC(=O)CCCCCCCCCC(C)C)COP(=O)(O)O. The van der Waals surface area contributed by atoms with Crippen molar-refractivity contribution in [1.29, 1.82) is 0 Å². The summed E-state index contributed by atoms with van der Waals surface area (Å²) < 4.78 is 26.2. The van der Waals surface area contributed by atoms with Gasteiger partial charge in [-0.1, -0.05) is 156 Å². The molecule has 0 fully saturated rings. The van der Waals surface area contributed by atoms with E-state index >= 15 is 0 Å². The third-order valence-electron chi connectivity index (χ3n) is 7.98. The lowest BCUT2D eigenvalue weighted by molar-refractivity contribution is -0.161. The summed E-state index contributed by atoms with van der Waals surface area (Å²) in [5.41, 5.74) is 0. The largest absolute Gasteiger partial charge is 0.469 e. The standard InChI is InChI=1S/C35H69O8P/c1-31(2)25-21-17-13-10-8-6-5-7-9-11-15-20-24-28-35(37)43-33(30-42-44(38,39)40)29-41-34(36)27-23-19-16-12-14-18-22-26-32(3)4/h31-33H,5-30H2,1-4H3,(H2,38,39,40)/t33-/m1/s1. The Morgan fingerprint density at radius 1 is 0.523 bits per heavy atom. The van der Waals surface area contributed by atoms with Gasteiger partial charge in [-0.2, -0.15) is 0 Å². The van der Waals surface area contributed by atoms with Gasteiger partial charge in [0, 0.05) is 12.8 Å². The van der Waals surface area contributed by atoms with Gasteiger partial charge in [0.15, 0.2) is 6.10 Å².